The molecule has 130 valence electrons. The number of methoxy groups -OCH3 is 1. The fourth-order valence-corrected chi connectivity index (χ4v) is 3.50. The van der Waals surface area contributed by atoms with Crippen molar-refractivity contribution in [2.75, 3.05) is 7.11 Å². The average Bonchev–Trinajstić information content (AvgIpc) is 3.06. The van der Waals surface area contributed by atoms with Crippen molar-refractivity contribution in [3.8, 4) is 28.0 Å². The molecule has 0 aliphatic heterocycles. The smallest absolute Gasteiger partial charge is 0.119 e. The first kappa shape index (κ1) is 16.7. The topological polar surface area (TPSA) is 27.1 Å². The Morgan fingerprint density at radius 2 is 1.85 bits per heavy atom. The number of aromatic nitrogens is 2. The third kappa shape index (κ3) is 2.95. The number of aryl methyl sites for hydroxylation is 1. The lowest BCUT2D eigenvalue weighted by molar-refractivity contribution is 0.415. The maximum absolute atomic E-state index is 6.15. The molecule has 4 heteroatoms. The maximum Gasteiger partial charge on any atom is 0.119 e. The Bertz CT molecular complexity index is 1080. The van der Waals surface area contributed by atoms with E-state index in [0.29, 0.717) is 0 Å². The summed E-state index contributed by atoms with van der Waals surface area (Å²) in [7, 11) is 1.69. The first-order chi connectivity index (χ1) is 12.7. The van der Waals surface area contributed by atoms with Gasteiger partial charge in [0.05, 0.1) is 7.11 Å². The summed E-state index contributed by atoms with van der Waals surface area (Å²) < 4.78 is 7.67. The summed E-state index contributed by atoms with van der Waals surface area (Å²) in [5, 5.41) is 1.89. The molecule has 0 saturated carbocycles. The van der Waals surface area contributed by atoms with Crippen molar-refractivity contribution in [1.82, 2.24) is 9.55 Å². The number of hydrogen-bond acceptors (Lipinski definition) is 2. The van der Waals surface area contributed by atoms with Gasteiger partial charge in [-0.2, -0.15) is 0 Å². The second-order valence-corrected chi connectivity index (χ2v) is 6.62. The lowest BCUT2D eigenvalue weighted by atomic mass is 10.0. The molecular formula is C22H19ClN2O. The minimum Gasteiger partial charge on any atom is -0.497 e. The number of benzene rings is 2. The molecule has 26 heavy (non-hydrogen) atoms. The third-order valence-electron chi connectivity index (χ3n) is 4.64. The van der Waals surface area contributed by atoms with E-state index in [1.54, 1.807) is 7.11 Å². The fourth-order valence-electron chi connectivity index (χ4n) is 3.31. The first-order valence-electron chi connectivity index (χ1n) is 8.58. The van der Waals surface area contributed by atoms with Gasteiger partial charge in [0.15, 0.2) is 0 Å². The fraction of sp³-hybridized carbons (Fsp3) is 0.136. The van der Waals surface area contributed by atoms with E-state index in [9.17, 15) is 0 Å². The normalized spacial score (nSPS) is 11.0. The molecule has 0 saturated heterocycles. The highest BCUT2D eigenvalue weighted by molar-refractivity contribution is 6.30. The predicted molar refractivity (Wildman–Crippen MR) is 108 cm³/mol. The van der Waals surface area contributed by atoms with E-state index in [0.717, 1.165) is 45.0 Å². The first-order valence-corrected chi connectivity index (χ1v) is 8.95. The molecule has 2 aromatic heterocycles. The molecule has 4 aromatic rings. The van der Waals surface area contributed by atoms with E-state index >= 15 is 0 Å². The van der Waals surface area contributed by atoms with Crippen molar-refractivity contribution in [1.29, 1.82) is 0 Å². The van der Waals surface area contributed by atoms with E-state index < -0.39 is 0 Å². The van der Waals surface area contributed by atoms with Crippen LogP contribution in [0.5, 0.6) is 5.75 Å². The average molecular weight is 363 g/mol. The van der Waals surface area contributed by atoms with Crippen molar-refractivity contribution in [2.45, 2.75) is 13.5 Å². The number of nitrogens with zero attached hydrogens (tertiary/aromatic N) is 2. The molecule has 0 spiro atoms. The van der Waals surface area contributed by atoms with Gasteiger partial charge < -0.3 is 9.30 Å². The van der Waals surface area contributed by atoms with Gasteiger partial charge in [0.25, 0.3) is 0 Å². The number of fused-ring (bicyclic) bond motifs is 1. The van der Waals surface area contributed by atoms with Crippen molar-refractivity contribution in [3.63, 3.8) is 0 Å². The minimum absolute atomic E-state index is 0.722. The standard InChI is InChI=1S/C22H19ClN2O/c1-3-25-14-21(20-11-19(26-2)7-8-22(20)25)17-9-16(12-24-13-17)15-5-4-6-18(23)10-15/h4-14H,3H2,1-2H3. The Morgan fingerprint density at radius 1 is 1.00 bits per heavy atom. The molecule has 0 radical (unpaired) electrons. The number of hydrogen-bond donors (Lipinski definition) is 0. The lowest BCUT2D eigenvalue weighted by Crippen LogP contribution is -1.90. The van der Waals surface area contributed by atoms with Crippen LogP contribution in [0.15, 0.2) is 67.1 Å². The summed E-state index contributed by atoms with van der Waals surface area (Å²) in [4.78, 5) is 4.47. The second-order valence-electron chi connectivity index (χ2n) is 6.18. The van der Waals surface area contributed by atoms with Gasteiger partial charge in [-0.05, 0) is 48.9 Å². The lowest BCUT2D eigenvalue weighted by Gasteiger charge is -2.06. The van der Waals surface area contributed by atoms with Crippen molar-refractivity contribution < 1.29 is 4.74 Å². The van der Waals surface area contributed by atoms with Crippen LogP contribution in [0, 0.1) is 0 Å². The second kappa shape index (κ2) is 6.85. The summed E-state index contributed by atoms with van der Waals surface area (Å²) in [5.41, 5.74) is 5.52. The SMILES string of the molecule is CCn1cc(-c2cncc(-c3cccc(Cl)c3)c2)c2cc(OC)ccc21. The minimum atomic E-state index is 0.722. The molecule has 4 rings (SSSR count). The van der Waals surface area contributed by atoms with E-state index in [4.69, 9.17) is 16.3 Å². The summed E-state index contributed by atoms with van der Waals surface area (Å²) in [6.07, 6.45) is 5.96. The zero-order chi connectivity index (χ0) is 18.1. The predicted octanol–water partition coefficient (Wildman–Crippen LogP) is 6.05. The van der Waals surface area contributed by atoms with Gasteiger partial charge in [0, 0.05) is 57.8 Å². The molecular weight excluding hydrogens is 344 g/mol. The zero-order valence-corrected chi connectivity index (χ0v) is 15.5. The Morgan fingerprint density at radius 3 is 2.62 bits per heavy atom. The van der Waals surface area contributed by atoms with Gasteiger partial charge in [-0.3, -0.25) is 4.98 Å². The summed E-state index contributed by atoms with van der Waals surface area (Å²) in [6.45, 7) is 3.05. The van der Waals surface area contributed by atoms with Crippen LogP contribution in [0.25, 0.3) is 33.2 Å². The highest BCUT2D eigenvalue weighted by atomic mass is 35.5. The van der Waals surface area contributed by atoms with E-state index in [2.05, 4.69) is 40.9 Å². The van der Waals surface area contributed by atoms with Gasteiger partial charge in [-0.25, -0.2) is 0 Å². The molecule has 0 aliphatic carbocycles. The molecule has 0 N–H and O–H groups in total. The molecule has 0 bridgehead atoms. The van der Waals surface area contributed by atoms with Gasteiger partial charge in [0.1, 0.15) is 5.75 Å². The van der Waals surface area contributed by atoms with Gasteiger partial charge in [0.2, 0.25) is 0 Å². The van der Waals surface area contributed by atoms with E-state index in [1.165, 1.54) is 5.52 Å². The van der Waals surface area contributed by atoms with Crippen molar-refractivity contribution in [2.24, 2.45) is 0 Å². The molecule has 2 heterocycles. The Labute approximate surface area is 157 Å². The number of rotatable bonds is 4. The van der Waals surface area contributed by atoms with Crippen LogP contribution in [0.4, 0.5) is 0 Å². The quantitative estimate of drug-likeness (QED) is 0.441. The Balaban J connectivity index is 1.89. The van der Waals surface area contributed by atoms with Gasteiger partial charge >= 0.3 is 0 Å². The number of halogens is 1. The van der Waals surface area contributed by atoms with E-state index in [-0.39, 0.29) is 0 Å². The molecule has 0 unspecified atom stereocenters. The number of pyridine rings is 1. The highest BCUT2D eigenvalue weighted by Crippen LogP contribution is 2.34. The summed E-state index contributed by atoms with van der Waals surface area (Å²) >= 11 is 6.15. The molecule has 3 nitrogen and oxygen atoms in total. The molecule has 2 aromatic carbocycles. The number of ether oxygens (including phenoxy) is 1. The van der Waals surface area contributed by atoms with Crippen molar-refractivity contribution >= 4 is 22.5 Å². The van der Waals surface area contributed by atoms with Crippen LogP contribution in [-0.2, 0) is 6.54 Å². The molecule has 0 amide bonds. The Kier molecular flexibility index (Phi) is 4.39. The van der Waals surface area contributed by atoms with Gasteiger partial charge in [-0.1, -0.05) is 23.7 Å². The van der Waals surface area contributed by atoms with Crippen LogP contribution in [0.3, 0.4) is 0 Å². The van der Waals surface area contributed by atoms with Crippen LogP contribution in [0.1, 0.15) is 6.92 Å². The van der Waals surface area contributed by atoms with Gasteiger partial charge in [-0.15, -0.1) is 0 Å². The monoisotopic (exact) mass is 362 g/mol. The Hall–Kier alpha value is -2.78. The van der Waals surface area contributed by atoms with Crippen LogP contribution >= 0.6 is 11.6 Å². The van der Waals surface area contributed by atoms with Crippen LogP contribution in [0.2, 0.25) is 5.02 Å². The zero-order valence-electron chi connectivity index (χ0n) is 14.7. The molecule has 0 fully saturated rings. The highest BCUT2D eigenvalue weighted by Gasteiger charge is 2.12. The van der Waals surface area contributed by atoms with E-state index in [1.807, 2.05) is 42.7 Å². The van der Waals surface area contributed by atoms with Crippen molar-refractivity contribution in [3.05, 3.63) is 72.1 Å². The molecule has 0 aliphatic rings. The van der Waals surface area contributed by atoms with Crippen LogP contribution < -0.4 is 4.74 Å². The largest absolute Gasteiger partial charge is 0.497 e. The molecule has 0 atom stereocenters. The maximum atomic E-state index is 6.15. The summed E-state index contributed by atoms with van der Waals surface area (Å²) in [5.74, 6) is 0.853. The third-order valence-corrected chi connectivity index (χ3v) is 4.87. The van der Waals surface area contributed by atoms with Crippen LogP contribution in [-0.4, -0.2) is 16.7 Å². The summed E-state index contributed by atoms with van der Waals surface area (Å²) in [6, 6.07) is 16.2.